The molecule has 0 atom stereocenters. The predicted molar refractivity (Wildman–Crippen MR) is 106 cm³/mol. The Balaban J connectivity index is 1.49. The monoisotopic (exact) mass is 382 g/mol. The highest BCUT2D eigenvalue weighted by Crippen LogP contribution is 2.37. The Bertz CT molecular complexity index is 950. The number of aromatic nitrogens is 1. The third kappa shape index (κ3) is 3.40. The number of aliphatic hydroxyl groups is 1. The molecule has 3 aromatic rings. The van der Waals surface area contributed by atoms with E-state index in [2.05, 4.69) is 28.2 Å². The minimum absolute atomic E-state index is 0.129. The third-order valence-corrected chi connectivity index (χ3v) is 6.14. The Hall–Kier alpha value is -2.15. The number of aliphatic hydroxyl groups excluding tert-OH is 1. The molecule has 0 spiro atoms. The van der Waals surface area contributed by atoms with Gasteiger partial charge in [0.1, 0.15) is 0 Å². The van der Waals surface area contributed by atoms with Crippen molar-refractivity contribution in [1.82, 2.24) is 10.3 Å². The predicted octanol–water partition coefficient (Wildman–Crippen LogP) is 4.09. The van der Waals surface area contributed by atoms with Crippen LogP contribution in [0.3, 0.4) is 0 Å². The van der Waals surface area contributed by atoms with Crippen molar-refractivity contribution in [2.45, 2.75) is 44.4 Å². The van der Waals surface area contributed by atoms with Crippen LogP contribution in [-0.4, -0.2) is 29.0 Å². The molecule has 1 fully saturated rings. The van der Waals surface area contributed by atoms with Gasteiger partial charge in [-0.15, -0.1) is 0 Å². The maximum atomic E-state index is 9.72. The molecule has 5 rings (SSSR count). The molecule has 0 unspecified atom stereocenters. The van der Waals surface area contributed by atoms with Gasteiger partial charge in [-0.25, -0.2) is 4.98 Å². The van der Waals surface area contributed by atoms with Crippen molar-refractivity contribution in [3.8, 4) is 22.8 Å². The molecule has 0 radical (unpaired) electrons. The second kappa shape index (κ2) is 7.11. The van der Waals surface area contributed by atoms with Gasteiger partial charge in [-0.1, -0.05) is 0 Å². The lowest BCUT2D eigenvalue weighted by atomic mass is 9.93. The van der Waals surface area contributed by atoms with Crippen molar-refractivity contribution in [2.24, 2.45) is 0 Å². The summed E-state index contributed by atoms with van der Waals surface area (Å²) in [6.45, 7) is 1.04. The normalized spacial score (nSPS) is 21.7. The first-order valence-corrected chi connectivity index (χ1v) is 10.4. The van der Waals surface area contributed by atoms with Crippen molar-refractivity contribution < 1.29 is 14.6 Å². The second-order valence-electron chi connectivity index (χ2n) is 7.29. The number of nitrogens with one attached hydrogen (secondary N) is 1. The molecule has 1 aliphatic carbocycles. The summed E-state index contributed by atoms with van der Waals surface area (Å²) in [7, 11) is 0. The maximum absolute atomic E-state index is 9.72. The first-order chi connectivity index (χ1) is 13.3. The molecular formula is C21H22N2O3S. The van der Waals surface area contributed by atoms with Gasteiger partial charge in [0.15, 0.2) is 11.5 Å². The highest BCUT2D eigenvalue weighted by molar-refractivity contribution is 7.08. The van der Waals surface area contributed by atoms with Gasteiger partial charge in [-0.2, -0.15) is 11.3 Å². The summed E-state index contributed by atoms with van der Waals surface area (Å²) in [5.74, 6) is 1.55. The molecule has 1 saturated carbocycles. The van der Waals surface area contributed by atoms with Crippen molar-refractivity contribution in [1.29, 1.82) is 0 Å². The lowest BCUT2D eigenvalue weighted by molar-refractivity contribution is 0.116. The summed E-state index contributed by atoms with van der Waals surface area (Å²) in [6.07, 6.45) is 3.68. The average Bonchev–Trinajstić information content (AvgIpc) is 3.36. The van der Waals surface area contributed by atoms with Gasteiger partial charge in [0, 0.05) is 35.0 Å². The first-order valence-electron chi connectivity index (χ1n) is 9.43. The van der Waals surface area contributed by atoms with E-state index in [1.165, 1.54) is 5.56 Å². The van der Waals surface area contributed by atoms with Crippen molar-refractivity contribution in [3.05, 3.63) is 40.6 Å². The summed E-state index contributed by atoms with van der Waals surface area (Å²) >= 11 is 1.68. The molecule has 0 bridgehead atoms. The molecule has 1 aromatic carbocycles. The molecule has 140 valence electrons. The molecule has 1 aliphatic heterocycles. The van der Waals surface area contributed by atoms with Gasteiger partial charge in [0.2, 0.25) is 6.79 Å². The number of pyridine rings is 1. The molecule has 6 heteroatoms. The number of ether oxygens (including phenoxy) is 2. The fraction of sp³-hybridized carbons (Fsp3) is 0.381. The van der Waals surface area contributed by atoms with Crippen LogP contribution in [0.15, 0.2) is 35.0 Å². The standard InChI is InChI=1S/C21H22N2O3S/c24-17-3-1-16(2-4-17)22-10-15-7-14-8-19-20(26-12-25-19)9-18(14)23-21(15)13-5-6-27-11-13/h5-9,11,16-17,22,24H,1-4,10,12H2. The zero-order valence-corrected chi connectivity index (χ0v) is 15.8. The average molecular weight is 382 g/mol. The van der Waals surface area contributed by atoms with E-state index in [1.807, 2.05) is 12.1 Å². The van der Waals surface area contributed by atoms with E-state index >= 15 is 0 Å². The van der Waals surface area contributed by atoms with E-state index in [1.54, 1.807) is 11.3 Å². The minimum atomic E-state index is -0.129. The summed E-state index contributed by atoms with van der Waals surface area (Å²) in [5.41, 5.74) is 4.28. The van der Waals surface area contributed by atoms with Crippen LogP contribution in [0.4, 0.5) is 0 Å². The zero-order valence-electron chi connectivity index (χ0n) is 15.0. The van der Waals surface area contributed by atoms with Crippen LogP contribution in [0.2, 0.25) is 0 Å². The maximum Gasteiger partial charge on any atom is 0.231 e. The van der Waals surface area contributed by atoms with Crippen LogP contribution >= 0.6 is 11.3 Å². The van der Waals surface area contributed by atoms with Gasteiger partial charge < -0.3 is 19.9 Å². The van der Waals surface area contributed by atoms with Gasteiger partial charge in [-0.05, 0) is 54.8 Å². The molecule has 2 aliphatic rings. The number of thiophene rings is 1. The van der Waals surface area contributed by atoms with E-state index in [0.717, 1.165) is 65.9 Å². The molecule has 0 amide bonds. The third-order valence-electron chi connectivity index (χ3n) is 5.46. The summed E-state index contributed by atoms with van der Waals surface area (Å²) in [6, 6.07) is 8.76. The van der Waals surface area contributed by atoms with E-state index in [-0.39, 0.29) is 12.9 Å². The van der Waals surface area contributed by atoms with Gasteiger partial charge in [-0.3, -0.25) is 0 Å². The summed E-state index contributed by atoms with van der Waals surface area (Å²) in [4.78, 5) is 4.96. The summed E-state index contributed by atoms with van der Waals surface area (Å²) < 4.78 is 11.0. The number of benzene rings is 1. The fourth-order valence-corrected chi connectivity index (χ4v) is 4.57. The molecule has 0 saturated heterocycles. The lowest BCUT2D eigenvalue weighted by Gasteiger charge is -2.26. The van der Waals surface area contributed by atoms with Crippen molar-refractivity contribution in [3.63, 3.8) is 0 Å². The Morgan fingerprint density at radius 2 is 1.93 bits per heavy atom. The Morgan fingerprint density at radius 1 is 1.11 bits per heavy atom. The largest absolute Gasteiger partial charge is 0.454 e. The van der Waals surface area contributed by atoms with Crippen LogP contribution in [0, 0.1) is 0 Å². The van der Waals surface area contributed by atoms with Crippen LogP contribution in [0.25, 0.3) is 22.2 Å². The minimum Gasteiger partial charge on any atom is -0.454 e. The van der Waals surface area contributed by atoms with Crippen LogP contribution in [-0.2, 0) is 6.54 Å². The highest BCUT2D eigenvalue weighted by Gasteiger charge is 2.20. The molecule has 5 nitrogen and oxygen atoms in total. The molecular weight excluding hydrogens is 360 g/mol. The van der Waals surface area contributed by atoms with Crippen LogP contribution < -0.4 is 14.8 Å². The topological polar surface area (TPSA) is 63.6 Å². The van der Waals surface area contributed by atoms with E-state index in [9.17, 15) is 5.11 Å². The highest BCUT2D eigenvalue weighted by atomic mass is 32.1. The molecule has 27 heavy (non-hydrogen) atoms. The number of nitrogens with zero attached hydrogens (tertiary/aromatic N) is 1. The Labute approximate surface area is 162 Å². The quantitative estimate of drug-likeness (QED) is 0.712. The van der Waals surface area contributed by atoms with Crippen LogP contribution in [0.1, 0.15) is 31.2 Å². The zero-order chi connectivity index (χ0) is 18.2. The molecule has 2 N–H and O–H groups in total. The number of hydrogen-bond acceptors (Lipinski definition) is 6. The van der Waals surface area contributed by atoms with Gasteiger partial charge in [0.05, 0.1) is 17.3 Å². The smallest absolute Gasteiger partial charge is 0.231 e. The Kier molecular flexibility index (Phi) is 4.47. The van der Waals surface area contributed by atoms with Gasteiger partial charge in [0.25, 0.3) is 0 Å². The summed E-state index contributed by atoms with van der Waals surface area (Å²) in [5, 5.41) is 18.7. The number of fused-ring (bicyclic) bond motifs is 2. The van der Waals surface area contributed by atoms with Crippen molar-refractivity contribution in [2.75, 3.05) is 6.79 Å². The second-order valence-corrected chi connectivity index (χ2v) is 8.07. The van der Waals surface area contributed by atoms with E-state index < -0.39 is 0 Å². The van der Waals surface area contributed by atoms with Crippen LogP contribution in [0.5, 0.6) is 11.5 Å². The van der Waals surface area contributed by atoms with Crippen molar-refractivity contribution >= 4 is 22.2 Å². The molecule has 2 aromatic heterocycles. The fourth-order valence-electron chi connectivity index (χ4n) is 3.93. The molecule has 3 heterocycles. The first kappa shape index (κ1) is 17.0. The number of hydrogen-bond donors (Lipinski definition) is 2. The number of rotatable bonds is 4. The van der Waals surface area contributed by atoms with Gasteiger partial charge >= 0.3 is 0 Å². The SMILES string of the molecule is OC1CCC(NCc2cc3cc4c(cc3nc2-c2ccsc2)OCO4)CC1. The Morgan fingerprint density at radius 3 is 2.70 bits per heavy atom. The van der Waals surface area contributed by atoms with E-state index in [0.29, 0.717) is 6.04 Å². The van der Waals surface area contributed by atoms with E-state index in [4.69, 9.17) is 14.5 Å². The lowest BCUT2D eigenvalue weighted by Crippen LogP contribution is -2.34.